The van der Waals surface area contributed by atoms with Gasteiger partial charge in [-0.15, -0.1) is 0 Å². The number of primary amides is 1. The Morgan fingerprint density at radius 1 is 1.58 bits per heavy atom. The second kappa shape index (κ2) is 3.03. The number of fused-ring (bicyclic) bond motifs is 1. The first kappa shape index (κ1) is 8.01. The number of piperazine rings is 1. The first-order chi connectivity index (χ1) is 5.77. The molecular weight excluding hydrogens is 154 g/mol. The van der Waals surface area contributed by atoms with E-state index >= 15 is 0 Å². The fourth-order valence-corrected chi connectivity index (χ4v) is 2.13. The molecule has 4 heteroatoms. The average Bonchev–Trinajstić information content (AvgIpc) is 2.49. The van der Waals surface area contributed by atoms with Crippen LogP contribution in [0.3, 0.4) is 0 Å². The summed E-state index contributed by atoms with van der Waals surface area (Å²) in [5, 5.41) is 3.17. The second-order valence-electron chi connectivity index (χ2n) is 3.65. The normalized spacial score (nSPS) is 36.3. The van der Waals surface area contributed by atoms with Crippen molar-refractivity contribution in [1.29, 1.82) is 0 Å². The zero-order chi connectivity index (χ0) is 8.55. The number of hydrogen-bond acceptors (Lipinski definition) is 3. The second-order valence-corrected chi connectivity index (χ2v) is 3.65. The van der Waals surface area contributed by atoms with Gasteiger partial charge in [0.15, 0.2) is 0 Å². The Labute approximate surface area is 72.1 Å². The van der Waals surface area contributed by atoms with Gasteiger partial charge in [-0.3, -0.25) is 9.69 Å². The van der Waals surface area contributed by atoms with E-state index in [2.05, 4.69) is 10.2 Å². The molecule has 0 aliphatic carbocycles. The third kappa shape index (κ3) is 1.32. The highest BCUT2D eigenvalue weighted by atomic mass is 16.1. The van der Waals surface area contributed by atoms with Gasteiger partial charge in [-0.05, 0) is 19.4 Å². The lowest BCUT2D eigenvalue weighted by Crippen LogP contribution is -2.58. The molecule has 2 rings (SSSR count). The minimum atomic E-state index is -0.222. The highest BCUT2D eigenvalue weighted by Gasteiger charge is 2.32. The van der Waals surface area contributed by atoms with Crippen molar-refractivity contribution in [2.75, 3.05) is 19.6 Å². The van der Waals surface area contributed by atoms with Gasteiger partial charge < -0.3 is 11.1 Å². The first-order valence-electron chi connectivity index (χ1n) is 4.54. The van der Waals surface area contributed by atoms with Gasteiger partial charge in [0.25, 0.3) is 0 Å². The monoisotopic (exact) mass is 169 g/mol. The van der Waals surface area contributed by atoms with Gasteiger partial charge in [0.1, 0.15) is 0 Å². The van der Waals surface area contributed by atoms with E-state index in [0.29, 0.717) is 6.04 Å². The number of nitrogens with zero attached hydrogens (tertiary/aromatic N) is 1. The number of nitrogens with two attached hydrogens (primary N) is 1. The predicted octanol–water partition coefficient (Wildman–Crippen LogP) is -1.09. The van der Waals surface area contributed by atoms with E-state index in [1.165, 1.54) is 12.8 Å². The summed E-state index contributed by atoms with van der Waals surface area (Å²) in [6.45, 7) is 2.86. The van der Waals surface area contributed by atoms with E-state index in [1.807, 2.05) is 0 Å². The maximum absolute atomic E-state index is 10.9. The third-order valence-electron chi connectivity index (χ3n) is 2.86. The van der Waals surface area contributed by atoms with Crippen molar-refractivity contribution in [3.8, 4) is 0 Å². The molecule has 0 bridgehead atoms. The maximum atomic E-state index is 10.9. The molecule has 0 radical (unpaired) electrons. The van der Waals surface area contributed by atoms with Gasteiger partial charge in [0, 0.05) is 19.1 Å². The lowest BCUT2D eigenvalue weighted by atomic mass is 10.1. The van der Waals surface area contributed by atoms with E-state index in [9.17, 15) is 4.79 Å². The summed E-state index contributed by atoms with van der Waals surface area (Å²) in [5.41, 5.74) is 5.22. The molecule has 0 spiro atoms. The van der Waals surface area contributed by atoms with Crippen LogP contribution in [0.1, 0.15) is 12.8 Å². The highest BCUT2D eigenvalue weighted by Crippen LogP contribution is 2.19. The van der Waals surface area contributed by atoms with Gasteiger partial charge in [-0.2, -0.15) is 0 Å². The van der Waals surface area contributed by atoms with Crippen LogP contribution in [0, 0.1) is 0 Å². The van der Waals surface area contributed by atoms with Crippen LogP contribution in [-0.4, -0.2) is 42.5 Å². The number of carbonyl (C=O) groups is 1. The Kier molecular flexibility index (Phi) is 2.02. The van der Waals surface area contributed by atoms with Crippen molar-refractivity contribution >= 4 is 5.91 Å². The van der Waals surface area contributed by atoms with Crippen LogP contribution in [-0.2, 0) is 4.79 Å². The van der Waals surface area contributed by atoms with Crippen LogP contribution >= 0.6 is 0 Å². The molecule has 3 N–H and O–H groups in total. The zero-order valence-corrected chi connectivity index (χ0v) is 7.12. The van der Waals surface area contributed by atoms with Gasteiger partial charge in [0.2, 0.25) is 5.91 Å². The zero-order valence-electron chi connectivity index (χ0n) is 7.12. The van der Waals surface area contributed by atoms with Crippen molar-refractivity contribution in [3.63, 3.8) is 0 Å². The SMILES string of the molecule is NC(=O)C1CN2CCCC2CN1. The summed E-state index contributed by atoms with van der Waals surface area (Å²) in [5.74, 6) is -0.222. The van der Waals surface area contributed by atoms with Crippen molar-refractivity contribution in [2.24, 2.45) is 5.73 Å². The fraction of sp³-hybridized carbons (Fsp3) is 0.875. The topological polar surface area (TPSA) is 58.4 Å². The first-order valence-corrected chi connectivity index (χ1v) is 4.54. The summed E-state index contributed by atoms with van der Waals surface area (Å²) in [7, 11) is 0. The van der Waals surface area contributed by atoms with Gasteiger partial charge in [-0.1, -0.05) is 0 Å². The molecule has 1 amide bonds. The standard InChI is InChI=1S/C8H15N3O/c9-8(12)7-5-11-3-1-2-6(11)4-10-7/h6-7,10H,1-5H2,(H2,9,12). The number of rotatable bonds is 1. The molecule has 2 unspecified atom stereocenters. The summed E-state index contributed by atoms with van der Waals surface area (Å²) in [6, 6.07) is 0.528. The van der Waals surface area contributed by atoms with Crippen molar-refractivity contribution in [1.82, 2.24) is 10.2 Å². The molecule has 0 aromatic heterocycles. The Bertz CT molecular complexity index is 195. The molecule has 2 aliphatic rings. The molecule has 2 saturated heterocycles. The van der Waals surface area contributed by atoms with E-state index in [-0.39, 0.29) is 11.9 Å². The minimum Gasteiger partial charge on any atom is -0.368 e. The maximum Gasteiger partial charge on any atom is 0.235 e. The molecule has 0 saturated carbocycles. The van der Waals surface area contributed by atoms with E-state index in [0.717, 1.165) is 19.6 Å². The van der Waals surface area contributed by atoms with Crippen LogP contribution in [0.15, 0.2) is 0 Å². The highest BCUT2D eigenvalue weighted by molar-refractivity contribution is 5.80. The van der Waals surface area contributed by atoms with E-state index in [4.69, 9.17) is 5.73 Å². The molecule has 2 aliphatic heterocycles. The molecule has 0 aromatic rings. The minimum absolute atomic E-state index is 0.126. The molecule has 12 heavy (non-hydrogen) atoms. The van der Waals surface area contributed by atoms with Gasteiger partial charge >= 0.3 is 0 Å². The molecular formula is C8H15N3O. The number of amides is 1. The molecule has 2 heterocycles. The molecule has 2 fully saturated rings. The van der Waals surface area contributed by atoms with Gasteiger partial charge in [0.05, 0.1) is 6.04 Å². The summed E-state index contributed by atoms with van der Waals surface area (Å²) in [6.07, 6.45) is 2.52. The third-order valence-corrected chi connectivity index (χ3v) is 2.86. The Morgan fingerprint density at radius 2 is 2.42 bits per heavy atom. The number of nitrogens with one attached hydrogen (secondary N) is 1. The van der Waals surface area contributed by atoms with Crippen molar-refractivity contribution in [2.45, 2.75) is 24.9 Å². The fourth-order valence-electron chi connectivity index (χ4n) is 2.13. The molecule has 2 atom stereocenters. The van der Waals surface area contributed by atoms with Gasteiger partial charge in [-0.25, -0.2) is 0 Å². The van der Waals surface area contributed by atoms with E-state index < -0.39 is 0 Å². The Morgan fingerprint density at radius 3 is 3.17 bits per heavy atom. The average molecular weight is 169 g/mol. The van der Waals surface area contributed by atoms with Crippen LogP contribution in [0.25, 0.3) is 0 Å². The quantitative estimate of drug-likeness (QED) is 0.524. The molecule has 0 aromatic carbocycles. The van der Waals surface area contributed by atoms with Crippen LogP contribution in [0.5, 0.6) is 0 Å². The summed E-state index contributed by atoms with van der Waals surface area (Å²) >= 11 is 0. The summed E-state index contributed by atoms with van der Waals surface area (Å²) in [4.78, 5) is 13.2. The Balaban J connectivity index is 1.96. The number of carbonyl (C=O) groups excluding carboxylic acids is 1. The van der Waals surface area contributed by atoms with Crippen molar-refractivity contribution in [3.05, 3.63) is 0 Å². The smallest absolute Gasteiger partial charge is 0.235 e. The predicted molar refractivity (Wildman–Crippen MR) is 45.6 cm³/mol. The van der Waals surface area contributed by atoms with Crippen LogP contribution in [0.2, 0.25) is 0 Å². The largest absolute Gasteiger partial charge is 0.368 e. The van der Waals surface area contributed by atoms with Crippen LogP contribution < -0.4 is 11.1 Å². The Hall–Kier alpha value is -0.610. The molecule has 68 valence electrons. The lowest BCUT2D eigenvalue weighted by Gasteiger charge is -2.34. The van der Waals surface area contributed by atoms with Crippen molar-refractivity contribution < 1.29 is 4.79 Å². The molecule has 4 nitrogen and oxygen atoms in total. The lowest BCUT2D eigenvalue weighted by molar-refractivity contribution is -0.121. The number of hydrogen-bond donors (Lipinski definition) is 2. The van der Waals surface area contributed by atoms with E-state index in [1.54, 1.807) is 0 Å². The van der Waals surface area contributed by atoms with Crippen LogP contribution in [0.4, 0.5) is 0 Å². The summed E-state index contributed by atoms with van der Waals surface area (Å²) < 4.78 is 0.